The molecular formula is C126H166O10. The van der Waals surface area contributed by atoms with Crippen molar-refractivity contribution in [3.63, 3.8) is 0 Å². The molecule has 0 aliphatic carbocycles. The van der Waals surface area contributed by atoms with Gasteiger partial charge in [0.1, 0.15) is 57.5 Å². The first kappa shape index (κ1) is 109. The van der Waals surface area contributed by atoms with E-state index < -0.39 is 0 Å². The van der Waals surface area contributed by atoms with Crippen LogP contribution in [0.2, 0.25) is 0 Å². The van der Waals surface area contributed by atoms with Crippen LogP contribution < -0.4 is 47.4 Å². The largest absolute Gasteiger partial charge is 0.497 e. The Bertz CT molecular complexity index is 5030. The highest BCUT2D eigenvalue weighted by Gasteiger charge is 2.26. The maximum absolute atomic E-state index is 7.66. The average molecular weight is 1840 g/mol. The van der Waals surface area contributed by atoms with Crippen LogP contribution in [0.5, 0.6) is 57.5 Å². The van der Waals surface area contributed by atoms with Crippen molar-refractivity contribution in [2.75, 3.05) is 68.1 Å². The third-order valence-electron chi connectivity index (χ3n) is 26.3. The molecule has 136 heavy (non-hydrogen) atoms. The molecule has 0 amide bonds. The van der Waals surface area contributed by atoms with E-state index in [1.165, 1.54) is 167 Å². The van der Waals surface area contributed by atoms with Crippen LogP contribution in [0.15, 0.2) is 121 Å². The summed E-state index contributed by atoms with van der Waals surface area (Å²) in [5.74, 6) is 38.2. The maximum atomic E-state index is 7.66. The van der Waals surface area contributed by atoms with Crippen LogP contribution >= 0.6 is 0 Å². The van der Waals surface area contributed by atoms with Gasteiger partial charge in [-0.3, -0.25) is 0 Å². The number of rotatable bonds is 60. The monoisotopic (exact) mass is 1840 g/mol. The van der Waals surface area contributed by atoms with Gasteiger partial charge >= 0.3 is 0 Å². The summed E-state index contributed by atoms with van der Waals surface area (Å²) in [5.41, 5.74) is 21.5. The standard InChI is InChI=1S/C126H166O10/c1-19-25-31-37-43-45-51-57-75-135-125-91-122(118-88-102(60-66-112-95(9)79-108(80-96(112)10)132-72-54-48-40-34-28-22-4)116(120-90-106(128-16)64-70-124(120)130-18)86-104(118)62-68-114-99(13)83-110(84-100(114)14)134-74-56-50-42-36-30-24-6)126(136-76-58-52-46-44-38-32-26-20-2)92-121(125)117-87-101(59-65-111-93(7)77-107(78-94(111)8)131-71-53-47-39-33-27-21-3)115(119-89-105(127-15)63-69-123(119)129-17)85-103(117)61-67-113-97(11)81-109(82-98(113)12)133-73-55-49-41-35-29-23-5/h63-64,69-70,77-92H,19-58,71-76H2,1-18H3. The summed E-state index contributed by atoms with van der Waals surface area (Å²) in [7, 11) is 6.87. The van der Waals surface area contributed by atoms with Crippen molar-refractivity contribution in [2.24, 2.45) is 0 Å². The Kier molecular flexibility index (Phi) is 49.2. The lowest BCUT2D eigenvalue weighted by Crippen LogP contribution is -2.05. The first-order valence-corrected chi connectivity index (χ1v) is 52.7. The van der Waals surface area contributed by atoms with E-state index in [1.54, 1.807) is 28.4 Å². The summed E-state index contributed by atoms with van der Waals surface area (Å²) in [6.45, 7) is 34.4. The Morgan fingerprint density at radius 2 is 0.360 bits per heavy atom. The van der Waals surface area contributed by atoms with Crippen LogP contribution in [0.1, 0.15) is 387 Å². The van der Waals surface area contributed by atoms with E-state index in [9.17, 15) is 0 Å². The lowest BCUT2D eigenvalue weighted by atomic mass is 9.87. The van der Waals surface area contributed by atoms with Gasteiger partial charge in [-0.2, -0.15) is 0 Å². The molecule has 0 aromatic heterocycles. The van der Waals surface area contributed by atoms with Gasteiger partial charge in [-0.1, -0.05) is 307 Å². The predicted octanol–water partition coefficient (Wildman–Crippen LogP) is 34.5. The molecule has 0 aliphatic heterocycles. The van der Waals surface area contributed by atoms with Crippen molar-refractivity contribution in [2.45, 2.75) is 354 Å². The summed E-state index contributed by atoms with van der Waals surface area (Å²) in [6, 6.07) is 42.5. The summed E-state index contributed by atoms with van der Waals surface area (Å²) in [4.78, 5) is 0. The minimum atomic E-state index is 0.451. The summed E-state index contributed by atoms with van der Waals surface area (Å²) < 4.78 is 66.4. The molecule has 0 unspecified atom stereocenters. The Morgan fingerprint density at radius 1 is 0.169 bits per heavy atom. The van der Waals surface area contributed by atoms with Crippen LogP contribution in [0, 0.1) is 103 Å². The molecule has 0 radical (unpaired) electrons. The average Bonchev–Trinajstić information content (AvgIpc) is 0.745. The number of hydrogen-bond donors (Lipinski definition) is 0. The highest BCUT2D eigenvalue weighted by atomic mass is 16.5. The molecule has 0 N–H and O–H groups in total. The van der Waals surface area contributed by atoms with Crippen molar-refractivity contribution in [3.8, 4) is 149 Å². The van der Waals surface area contributed by atoms with Gasteiger partial charge in [0, 0.05) is 89.0 Å². The first-order valence-electron chi connectivity index (χ1n) is 52.7. The van der Waals surface area contributed by atoms with Crippen molar-refractivity contribution in [1.29, 1.82) is 0 Å². The summed E-state index contributed by atoms with van der Waals surface area (Å²) in [5, 5.41) is 0. The zero-order chi connectivity index (χ0) is 97.0. The molecule has 9 aromatic carbocycles. The predicted molar refractivity (Wildman–Crippen MR) is 574 cm³/mol. The van der Waals surface area contributed by atoms with E-state index in [2.05, 4.69) is 241 Å². The normalized spacial score (nSPS) is 11.0. The van der Waals surface area contributed by atoms with Crippen LogP contribution in [-0.4, -0.2) is 68.1 Å². The fraction of sp³-hybridized carbons (Fsp3) is 0.508. The van der Waals surface area contributed by atoms with Crippen molar-refractivity contribution < 1.29 is 47.4 Å². The van der Waals surface area contributed by atoms with Crippen molar-refractivity contribution >= 4 is 0 Å². The number of ether oxygens (including phenoxy) is 10. The lowest BCUT2D eigenvalue weighted by Gasteiger charge is -2.22. The molecule has 10 heteroatoms. The zero-order valence-electron chi connectivity index (χ0n) is 87.2. The quantitative estimate of drug-likeness (QED) is 0.0271. The summed E-state index contributed by atoms with van der Waals surface area (Å²) >= 11 is 0. The van der Waals surface area contributed by atoms with Gasteiger partial charge in [0.2, 0.25) is 0 Å². The molecule has 0 spiro atoms. The molecule has 730 valence electrons. The second-order valence-corrected chi connectivity index (χ2v) is 37.7. The number of benzene rings is 9. The fourth-order valence-electron chi connectivity index (χ4n) is 18.2. The van der Waals surface area contributed by atoms with Gasteiger partial charge < -0.3 is 47.4 Å². The third kappa shape index (κ3) is 35.0. The number of hydrogen-bond acceptors (Lipinski definition) is 10. The Balaban J connectivity index is 1.39. The first-order chi connectivity index (χ1) is 66.4. The van der Waals surface area contributed by atoms with Crippen LogP contribution in [0.25, 0.3) is 44.5 Å². The molecular weight excluding hydrogens is 1670 g/mol. The molecule has 0 saturated carbocycles. The molecule has 0 heterocycles. The minimum Gasteiger partial charge on any atom is -0.497 e. The number of unbranched alkanes of at least 4 members (excludes halogenated alkanes) is 34. The molecule has 10 nitrogen and oxygen atoms in total. The SMILES string of the molecule is CCCCCCCCCCOc1cc(-c2cc(C#Cc3c(C)cc(OCCCCCCCC)cc3C)c(-c3cc(OC)ccc3OC)cc2C#Cc2c(C)cc(OCCCCCCCC)cc2C)c(OCCCCCCCCCC)cc1-c1cc(C#Cc2c(C)cc(OCCCCCCCC)cc2C)c(-c2cc(OC)ccc2OC)cc1C#Cc1c(C)cc(OCCCCCCCC)cc1C. The van der Waals surface area contributed by atoms with E-state index >= 15 is 0 Å². The summed E-state index contributed by atoms with van der Waals surface area (Å²) in [6.07, 6.45) is 46.8. The Labute approximate surface area is 823 Å². The fourth-order valence-corrected chi connectivity index (χ4v) is 18.2. The topological polar surface area (TPSA) is 92.3 Å². The van der Waals surface area contributed by atoms with E-state index in [4.69, 9.17) is 47.4 Å². The van der Waals surface area contributed by atoms with Gasteiger partial charge in [-0.15, -0.1) is 0 Å². The van der Waals surface area contributed by atoms with Crippen molar-refractivity contribution in [1.82, 2.24) is 0 Å². The van der Waals surface area contributed by atoms with Gasteiger partial charge in [0.05, 0.1) is 68.1 Å². The molecule has 0 aliphatic rings. The van der Waals surface area contributed by atoms with Crippen LogP contribution in [0.4, 0.5) is 0 Å². The second kappa shape index (κ2) is 61.4. The highest BCUT2D eigenvalue weighted by molar-refractivity contribution is 5.92. The molecule has 0 bridgehead atoms. The van der Waals surface area contributed by atoms with E-state index in [0.29, 0.717) is 74.1 Å². The van der Waals surface area contributed by atoms with Crippen LogP contribution in [-0.2, 0) is 0 Å². The number of aryl methyl sites for hydroxylation is 8. The van der Waals surface area contributed by atoms with E-state index in [1.807, 2.05) is 24.3 Å². The molecule has 0 saturated heterocycles. The highest BCUT2D eigenvalue weighted by Crippen LogP contribution is 2.48. The van der Waals surface area contributed by atoms with Gasteiger partial charge in [0.25, 0.3) is 0 Å². The maximum Gasteiger partial charge on any atom is 0.128 e. The van der Waals surface area contributed by atoms with Gasteiger partial charge in [-0.05, 0) is 260 Å². The lowest BCUT2D eigenvalue weighted by molar-refractivity contribution is 0.298. The molecule has 9 rings (SSSR count). The zero-order valence-corrected chi connectivity index (χ0v) is 87.2. The Hall–Kier alpha value is -10.8. The van der Waals surface area contributed by atoms with Gasteiger partial charge in [0.15, 0.2) is 0 Å². The van der Waals surface area contributed by atoms with E-state index in [0.717, 1.165) is 246 Å². The number of methoxy groups -OCH3 is 4. The molecule has 9 aromatic rings. The molecule has 0 fully saturated rings. The second-order valence-electron chi connectivity index (χ2n) is 37.7. The van der Waals surface area contributed by atoms with Crippen molar-refractivity contribution in [3.05, 3.63) is 210 Å². The Morgan fingerprint density at radius 3 is 0.559 bits per heavy atom. The van der Waals surface area contributed by atoms with Gasteiger partial charge in [-0.25, -0.2) is 0 Å². The smallest absolute Gasteiger partial charge is 0.128 e. The molecule has 0 atom stereocenters. The van der Waals surface area contributed by atoms with E-state index in [-0.39, 0.29) is 0 Å². The van der Waals surface area contributed by atoms with Crippen LogP contribution in [0.3, 0.4) is 0 Å². The minimum absolute atomic E-state index is 0.451. The third-order valence-corrected chi connectivity index (χ3v) is 26.3.